The third-order valence-corrected chi connectivity index (χ3v) is 7.00. The van der Waals surface area contributed by atoms with Crippen molar-refractivity contribution in [3.8, 4) is 6.01 Å². The maximum Gasteiger partial charge on any atom is 0.422 e. The fraction of sp³-hybridized carbons (Fsp3) is 0.385. The number of rotatable bonds is 12. The summed E-state index contributed by atoms with van der Waals surface area (Å²) in [6.07, 6.45) is -2.26. The highest BCUT2D eigenvalue weighted by atomic mass is 127. The maximum absolute atomic E-state index is 12.8. The summed E-state index contributed by atoms with van der Waals surface area (Å²) in [5.74, 6) is -0.155. The minimum atomic E-state index is -4.55. The molecule has 9 nitrogen and oxygen atoms in total. The zero-order valence-corrected chi connectivity index (χ0v) is 23.3. The van der Waals surface area contributed by atoms with Crippen molar-refractivity contribution in [1.82, 2.24) is 20.3 Å². The Morgan fingerprint density at radius 3 is 2.33 bits per heavy atom. The predicted octanol–water partition coefficient (Wildman–Crippen LogP) is 5.06. The lowest BCUT2D eigenvalue weighted by Gasteiger charge is -2.19. The molecule has 0 radical (unpaired) electrons. The molecule has 0 spiro atoms. The van der Waals surface area contributed by atoms with Crippen LogP contribution in [0.1, 0.15) is 47.7 Å². The van der Waals surface area contributed by atoms with Gasteiger partial charge in [-0.15, -0.1) is 0 Å². The van der Waals surface area contributed by atoms with E-state index in [1.165, 1.54) is 5.56 Å². The summed E-state index contributed by atoms with van der Waals surface area (Å²) in [7, 11) is 0. The Morgan fingerprint density at radius 1 is 1.08 bits per heavy atom. The SMILES string of the molecule is C[C@H](CCN)NC(=O)c1ccc(Nc2nc(NC3(c4ccc(CI)cc4)CC3)nc(OCC(F)(F)F)n2)cc1. The molecule has 0 saturated heterocycles. The molecule has 4 rings (SSSR count). The van der Waals surface area contributed by atoms with Gasteiger partial charge in [-0.3, -0.25) is 4.79 Å². The van der Waals surface area contributed by atoms with E-state index < -0.39 is 24.3 Å². The average Bonchev–Trinajstić information content (AvgIpc) is 3.68. The van der Waals surface area contributed by atoms with Gasteiger partial charge in [0.2, 0.25) is 11.9 Å². The van der Waals surface area contributed by atoms with Gasteiger partial charge in [-0.2, -0.15) is 28.1 Å². The Hall–Kier alpha value is -3.20. The molecule has 1 amide bonds. The van der Waals surface area contributed by atoms with E-state index in [0.29, 0.717) is 24.2 Å². The number of hydrogen-bond acceptors (Lipinski definition) is 8. The number of amides is 1. The van der Waals surface area contributed by atoms with E-state index in [-0.39, 0.29) is 23.8 Å². The van der Waals surface area contributed by atoms with Crippen molar-refractivity contribution in [2.75, 3.05) is 23.8 Å². The number of carbonyl (C=O) groups is 1. The van der Waals surface area contributed by atoms with Gasteiger partial charge in [0.1, 0.15) is 0 Å². The predicted molar refractivity (Wildman–Crippen MR) is 150 cm³/mol. The van der Waals surface area contributed by atoms with Crippen LogP contribution in [-0.4, -0.2) is 46.2 Å². The van der Waals surface area contributed by atoms with Crippen molar-refractivity contribution in [3.63, 3.8) is 0 Å². The third kappa shape index (κ3) is 8.14. The van der Waals surface area contributed by atoms with Crippen molar-refractivity contribution in [3.05, 3.63) is 65.2 Å². The van der Waals surface area contributed by atoms with E-state index >= 15 is 0 Å². The first-order chi connectivity index (χ1) is 18.6. The summed E-state index contributed by atoms with van der Waals surface area (Å²) in [5.41, 5.74) is 8.32. The van der Waals surface area contributed by atoms with Crippen molar-refractivity contribution >= 4 is 46.1 Å². The van der Waals surface area contributed by atoms with Crippen LogP contribution in [0.4, 0.5) is 30.8 Å². The molecule has 2 aromatic carbocycles. The van der Waals surface area contributed by atoms with Gasteiger partial charge in [0.25, 0.3) is 5.91 Å². The van der Waals surface area contributed by atoms with E-state index in [9.17, 15) is 18.0 Å². The molecule has 0 bridgehead atoms. The van der Waals surface area contributed by atoms with Gasteiger partial charge in [0.15, 0.2) is 6.61 Å². The number of nitrogens with one attached hydrogen (secondary N) is 3. The summed E-state index contributed by atoms with van der Waals surface area (Å²) in [6.45, 7) is 0.802. The first kappa shape index (κ1) is 28.8. The van der Waals surface area contributed by atoms with Crippen LogP contribution >= 0.6 is 22.6 Å². The Kier molecular flexibility index (Phi) is 9.10. The third-order valence-electron chi connectivity index (χ3n) is 6.12. The number of alkyl halides is 4. The van der Waals surface area contributed by atoms with Crippen molar-refractivity contribution in [2.45, 2.75) is 48.4 Å². The minimum Gasteiger partial charge on any atom is -0.454 e. The van der Waals surface area contributed by atoms with E-state index in [1.807, 2.05) is 31.2 Å². The van der Waals surface area contributed by atoms with E-state index in [4.69, 9.17) is 10.5 Å². The Labute approximate surface area is 237 Å². The van der Waals surface area contributed by atoms with Crippen LogP contribution in [0.3, 0.4) is 0 Å². The Balaban J connectivity index is 1.52. The highest BCUT2D eigenvalue weighted by Crippen LogP contribution is 2.48. The number of hydrogen-bond donors (Lipinski definition) is 4. The first-order valence-corrected chi connectivity index (χ1v) is 13.9. The van der Waals surface area contributed by atoms with Gasteiger partial charge >= 0.3 is 12.2 Å². The summed E-state index contributed by atoms with van der Waals surface area (Å²) < 4.78 is 44.2. The molecule has 39 heavy (non-hydrogen) atoms. The number of nitrogens with two attached hydrogens (primary N) is 1. The normalized spacial score (nSPS) is 14.8. The Bertz CT molecular complexity index is 1270. The van der Waals surface area contributed by atoms with Crippen LogP contribution in [0.5, 0.6) is 6.01 Å². The molecule has 1 aromatic heterocycles. The number of nitrogens with zero attached hydrogens (tertiary/aromatic N) is 3. The molecule has 0 aliphatic heterocycles. The highest BCUT2D eigenvalue weighted by Gasteiger charge is 2.45. The van der Waals surface area contributed by atoms with Gasteiger partial charge in [0, 0.05) is 21.7 Å². The number of anilines is 3. The number of carbonyl (C=O) groups excluding carboxylic acids is 1. The van der Waals surface area contributed by atoms with Gasteiger partial charge in [-0.05, 0) is 68.1 Å². The van der Waals surface area contributed by atoms with Crippen LogP contribution < -0.4 is 26.4 Å². The summed E-state index contributed by atoms with van der Waals surface area (Å²) in [4.78, 5) is 24.9. The van der Waals surface area contributed by atoms with Crippen LogP contribution in [0.25, 0.3) is 0 Å². The smallest absolute Gasteiger partial charge is 0.422 e. The lowest BCUT2D eigenvalue weighted by molar-refractivity contribution is -0.154. The van der Waals surface area contributed by atoms with Crippen LogP contribution in [0.2, 0.25) is 0 Å². The number of ether oxygens (including phenoxy) is 1. The van der Waals surface area contributed by atoms with Gasteiger partial charge < -0.3 is 26.4 Å². The molecule has 1 fully saturated rings. The average molecular weight is 655 g/mol. The quantitative estimate of drug-likeness (QED) is 0.158. The number of aromatic nitrogens is 3. The summed E-state index contributed by atoms with van der Waals surface area (Å²) in [6, 6.07) is 14.2. The molecule has 1 heterocycles. The molecule has 5 N–H and O–H groups in total. The van der Waals surface area contributed by atoms with Crippen LogP contribution in [-0.2, 0) is 9.97 Å². The van der Waals surface area contributed by atoms with Crippen molar-refractivity contribution in [1.29, 1.82) is 0 Å². The summed E-state index contributed by atoms with van der Waals surface area (Å²) in [5, 5.41) is 9.10. The molecular weight excluding hydrogens is 626 g/mol. The lowest BCUT2D eigenvalue weighted by atomic mass is 10.0. The second-order valence-electron chi connectivity index (χ2n) is 9.36. The fourth-order valence-electron chi connectivity index (χ4n) is 3.88. The molecule has 1 aliphatic rings. The first-order valence-electron chi connectivity index (χ1n) is 12.4. The minimum absolute atomic E-state index is 0.00509. The second-order valence-corrected chi connectivity index (χ2v) is 10.1. The molecular formula is C26H29F3IN7O2. The topological polar surface area (TPSA) is 127 Å². The van der Waals surface area contributed by atoms with Crippen molar-refractivity contribution < 1.29 is 22.7 Å². The zero-order chi connectivity index (χ0) is 28.0. The van der Waals surface area contributed by atoms with Crippen LogP contribution in [0.15, 0.2) is 48.5 Å². The molecule has 1 saturated carbocycles. The maximum atomic E-state index is 12.8. The van der Waals surface area contributed by atoms with Crippen molar-refractivity contribution in [2.24, 2.45) is 5.73 Å². The summed E-state index contributed by atoms with van der Waals surface area (Å²) >= 11 is 2.29. The Morgan fingerprint density at radius 2 is 1.74 bits per heavy atom. The highest BCUT2D eigenvalue weighted by molar-refractivity contribution is 14.1. The van der Waals surface area contributed by atoms with Gasteiger partial charge in [-0.1, -0.05) is 46.9 Å². The largest absolute Gasteiger partial charge is 0.454 e. The molecule has 1 aliphatic carbocycles. The van der Waals surface area contributed by atoms with Gasteiger partial charge in [0.05, 0.1) is 5.54 Å². The molecule has 1 atom stereocenters. The van der Waals surface area contributed by atoms with Crippen LogP contribution in [0, 0.1) is 0 Å². The second kappa shape index (κ2) is 12.3. The molecule has 13 heteroatoms. The molecule has 3 aromatic rings. The zero-order valence-electron chi connectivity index (χ0n) is 21.2. The number of halogens is 4. The van der Waals surface area contributed by atoms with E-state index in [0.717, 1.165) is 22.8 Å². The fourth-order valence-corrected chi connectivity index (χ4v) is 4.39. The monoisotopic (exact) mass is 655 g/mol. The van der Waals surface area contributed by atoms with E-state index in [1.54, 1.807) is 24.3 Å². The lowest BCUT2D eigenvalue weighted by Crippen LogP contribution is -2.33. The van der Waals surface area contributed by atoms with Gasteiger partial charge in [-0.25, -0.2) is 0 Å². The standard InChI is InChI=1S/C26H29F3IN7O2/c1-16(10-13-31)32-21(38)18-4-8-20(9-5-18)33-22-34-23(36-24(35-22)39-15-26(27,28)29)37-25(11-12-25)19-6-2-17(14-30)3-7-19/h2-9,16H,10-15,31H2,1H3,(H,32,38)(H2,33,34,35,36,37)/t16-/m1/s1. The molecule has 208 valence electrons. The number of benzene rings is 2. The molecule has 0 unspecified atom stereocenters. The van der Waals surface area contributed by atoms with E-state index in [2.05, 4.69) is 53.5 Å².